The zero-order chi connectivity index (χ0) is 9.45. The second kappa shape index (κ2) is 6.43. The van der Waals surface area contributed by atoms with Crippen molar-refractivity contribution in [2.24, 2.45) is 0 Å². The van der Waals surface area contributed by atoms with Crippen LogP contribution < -0.4 is 5.32 Å². The van der Waals surface area contributed by atoms with Gasteiger partial charge in [-0.3, -0.25) is 0 Å². The van der Waals surface area contributed by atoms with Gasteiger partial charge >= 0.3 is 0 Å². The zero-order valence-corrected chi connectivity index (χ0v) is 8.01. The molecule has 0 saturated carbocycles. The van der Waals surface area contributed by atoms with Gasteiger partial charge in [-0.2, -0.15) is 0 Å². The molecule has 0 aromatic rings. The van der Waals surface area contributed by atoms with Crippen molar-refractivity contribution in [2.45, 2.75) is 12.5 Å². The van der Waals surface area contributed by atoms with Crippen LogP contribution in [0.2, 0.25) is 0 Å². The number of allylic oxidation sites excluding steroid dienone is 1. The van der Waals surface area contributed by atoms with Crippen LogP contribution in [0.1, 0.15) is 6.92 Å². The topological polar surface area (TPSA) is 52.5 Å². The summed E-state index contributed by atoms with van der Waals surface area (Å²) in [5.74, 6) is 0.483. The normalized spacial score (nSPS) is 12.7. The summed E-state index contributed by atoms with van der Waals surface area (Å²) in [6.07, 6.45) is 3.67. The first-order chi connectivity index (χ1) is 5.68. The molecule has 0 aromatic carbocycles. The second-order valence-electron chi connectivity index (χ2n) is 2.88. The van der Waals surface area contributed by atoms with Crippen LogP contribution in [-0.4, -0.2) is 41.4 Å². The summed E-state index contributed by atoms with van der Waals surface area (Å²) in [6.45, 7) is 2.18. The van der Waals surface area contributed by atoms with Crippen molar-refractivity contribution in [1.82, 2.24) is 5.32 Å². The number of hydrogen-bond acceptors (Lipinski definition) is 3. The van der Waals surface area contributed by atoms with Gasteiger partial charge in [0, 0.05) is 12.4 Å². The minimum Gasteiger partial charge on any atom is -0.394 e. The van der Waals surface area contributed by atoms with Crippen molar-refractivity contribution in [3.63, 3.8) is 0 Å². The largest absolute Gasteiger partial charge is 0.394 e. The molecule has 0 radical (unpaired) electrons. The molecule has 12 heavy (non-hydrogen) atoms. The fourth-order valence-corrected chi connectivity index (χ4v) is 0.739. The van der Waals surface area contributed by atoms with Crippen molar-refractivity contribution >= 4 is 11.6 Å². The molecule has 72 valence electrons. The third-order valence-corrected chi connectivity index (χ3v) is 1.78. The highest BCUT2D eigenvalue weighted by Crippen LogP contribution is 1.99. The van der Waals surface area contributed by atoms with E-state index in [-0.39, 0.29) is 13.2 Å². The summed E-state index contributed by atoms with van der Waals surface area (Å²) in [7, 11) is 0. The van der Waals surface area contributed by atoms with E-state index in [2.05, 4.69) is 5.32 Å². The third-order valence-electron chi connectivity index (χ3n) is 1.60. The van der Waals surface area contributed by atoms with Gasteiger partial charge in [0.05, 0.1) is 18.8 Å². The second-order valence-corrected chi connectivity index (χ2v) is 3.19. The predicted molar refractivity (Wildman–Crippen MR) is 50.4 cm³/mol. The number of nitrogens with one attached hydrogen (secondary N) is 1. The summed E-state index contributed by atoms with van der Waals surface area (Å²) >= 11 is 5.41. The summed E-state index contributed by atoms with van der Waals surface area (Å²) in [6, 6.07) is 0. The van der Waals surface area contributed by atoms with Gasteiger partial charge < -0.3 is 15.5 Å². The Balaban J connectivity index is 3.65. The van der Waals surface area contributed by atoms with Crippen LogP contribution in [0.25, 0.3) is 0 Å². The zero-order valence-electron chi connectivity index (χ0n) is 7.26. The minimum absolute atomic E-state index is 0.0851. The minimum atomic E-state index is -0.601. The Morgan fingerprint density at radius 2 is 1.92 bits per heavy atom. The Labute approximate surface area is 78.0 Å². The molecule has 0 aliphatic carbocycles. The van der Waals surface area contributed by atoms with Gasteiger partial charge in [-0.05, 0) is 6.92 Å². The number of aliphatic hydroxyl groups excluding tert-OH is 2. The van der Waals surface area contributed by atoms with Gasteiger partial charge in [0.25, 0.3) is 0 Å². The number of alkyl halides is 1. The van der Waals surface area contributed by atoms with Crippen molar-refractivity contribution < 1.29 is 10.2 Å². The third kappa shape index (κ3) is 4.72. The molecule has 0 bridgehead atoms. The lowest BCUT2D eigenvalue weighted by Gasteiger charge is -2.25. The van der Waals surface area contributed by atoms with Crippen LogP contribution in [0.3, 0.4) is 0 Å². The molecule has 4 heteroatoms. The molecule has 0 heterocycles. The molecule has 0 spiro atoms. The summed E-state index contributed by atoms with van der Waals surface area (Å²) in [5, 5.41) is 20.7. The van der Waals surface area contributed by atoms with Gasteiger partial charge in [0.2, 0.25) is 0 Å². The van der Waals surface area contributed by atoms with E-state index >= 15 is 0 Å². The molecule has 0 unspecified atom stereocenters. The Hall–Kier alpha value is -0.0900. The number of aliphatic hydroxyl groups is 2. The van der Waals surface area contributed by atoms with Crippen LogP contribution in [0, 0.1) is 0 Å². The predicted octanol–water partition coefficient (Wildman–Crippen LogP) is 0.114. The van der Waals surface area contributed by atoms with Gasteiger partial charge in [0.15, 0.2) is 0 Å². The highest BCUT2D eigenvalue weighted by atomic mass is 35.5. The molecule has 0 rings (SSSR count). The Bertz CT molecular complexity index is 135. The first kappa shape index (κ1) is 11.9. The van der Waals surface area contributed by atoms with E-state index in [9.17, 15) is 0 Å². The van der Waals surface area contributed by atoms with Gasteiger partial charge in [-0.15, -0.1) is 11.6 Å². The highest BCUT2D eigenvalue weighted by Gasteiger charge is 2.19. The summed E-state index contributed by atoms with van der Waals surface area (Å²) in [5.41, 5.74) is -0.601. The van der Waals surface area contributed by atoms with Crippen molar-refractivity contribution in [3.05, 3.63) is 12.2 Å². The maximum atomic E-state index is 8.87. The molecule has 0 aromatic heterocycles. The fourth-order valence-electron chi connectivity index (χ4n) is 0.613. The van der Waals surface area contributed by atoms with Crippen LogP contribution in [-0.2, 0) is 0 Å². The molecule has 3 nitrogen and oxygen atoms in total. The van der Waals surface area contributed by atoms with Crippen LogP contribution >= 0.6 is 11.6 Å². The van der Waals surface area contributed by atoms with E-state index in [4.69, 9.17) is 21.8 Å². The van der Waals surface area contributed by atoms with Crippen molar-refractivity contribution in [2.75, 3.05) is 25.6 Å². The number of rotatable bonds is 6. The number of hydrogen-bond donors (Lipinski definition) is 3. The maximum absolute atomic E-state index is 8.87. The van der Waals surface area contributed by atoms with Crippen LogP contribution in [0.5, 0.6) is 0 Å². The molecule has 3 N–H and O–H groups in total. The average molecular weight is 194 g/mol. The van der Waals surface area contributed by atoms with E-state index in [1.54, 1.807) is 6.92 Å². The Morgan fingerprint density at radius 3 is 2.33 bits per heavy atom. The molecule has 0 atom stereocenters. The molecule has 0 aliphatic heterocycles. The summed E-state index contributed by atoms with van der Waals surface area (Å²) in [4.78, 5) is 0. The summed E-state index contributed by atoms with van der Waals surface area (Å²) < 4.78 is 0. The molecular formula is C8H16ClNO2. The number of halogens is 1. The van der Waals surface area contributed by atoms with E-state index in [1.807, 2.05) is 12.2 Å². The van der Waals surface area contributed by atoms with E-state index in [0.29, 0.717) is 12.4 Å². The van der Waals surface area contributed by atoms with Gasteiger partial charge in [-0.25, -0.2) is 0 Å². The molecular weight excluding hydrogens is 178 g/mol. The SMILES string of the molecule is CC(CO)(CO)NC/C=C/CCl. The van der Waals surface area contributed by atoms with Gasteiger partial charge in [0.1, 0.15) is 0 Å². The average Bonchev–Trinajstić information content (AvgIpc) is 2.12. The Morgan fingerprint density at radius 1 is 1.33 bits per heavy atom. The fraction of sp³-hybridized carbons (Fsp3) is 0.750. The first-order valence-corrected chi connectivity index (χ1v) is 4.39. The standard InChI is InChI=1S/C8H16ClNO2/c1-8(6-11,7-12)10-5-3-2-4-9/h2-3,10-12H,4-7H2,1H3/b3-2+. The first-order valence-electron chi connectivity index (χ1n) is 3.86. The van der Waals surface area contributed by atoms with Crippen molar-refractivity contribution in [1.29, 1.82) is 0 Å². The van der Waals surface area contributed by atoms with E-state index < -0.39 is 5.54 Å². The van der Waals surface area contributed by atoms with E-state index in [1.165, 1.54) is 0 Å². The van der Waals surface area contributed by atoms with Gasteiger partial charge in [-0.1, -0.05) is 12.2 Å². The quantitative estimate of drug-likeness (QED) is 0.415. The lowest BCUT2D eigenvalue weighted by Crippen LogP contribution is -2.48. The smallest absolute Gasteiger partial charge is 0.0633 e. The molecule has 0 amide bonds. The molecule has 0 saturated heterocycles. The lowest BCUT2D eigenvalue weighted by atomic mass is 10.1. The lowest BCUT2D eigenvalue weighted by molar-refractivity contribution is 0.107. The molecule has 0 aliphatic rings. The highest BCUT2D eigenvalue weighted by molar-refractivity contribution is 6.18. The van der Waals surface area contributed by atoms with E-state index in [0.717, 1.165) is 0 Å². The van der Waals surface area contributed by atoms with Crippen LogP contribution in [0.4, 0.5) is 0 Å². The van der Waals surface area contributed by atoms with Crippen LogP contribution in [0.15, 0.2) is 12.2 Å². The Kier molecular flexibility index (Phi) is 6.38. The van der Waals surface area contributed by atoms with Crippen molar-refractivity contribution in [3.8, 4) is 0 Å². The monoisotopic (exact) mass is 193 g/mol. The maximum Gasteiger partial charge on any atom is 0.0633 e. The molecule has 0 fully saturated rings.